The summed E-state index contributed by atoms with van der Waals surface area (Å²) >= 11 is 0. The molecule has 0 radical (unpaired) electrons. The van der Waals surface area contributed by atoms with Crippen LogP contribution in [0.4, 0.5) is 0 Å². The Morgan fingerprint density at radius 1 is 1.00 bits per heavy atom. The summed E-state index contributed by atoms with van der Waals surface area (Å²) in [6.45, 7) is 8.30. The van der Waals surface area contributed by atoms with Gasteiger partial charge in [-0.1, -0.05) is 33.1 Å². The van der Waals surface area contributed by atoms with Crippen molar-refractivity contribution in [2.75, 3.05) is 19.6 Å². The Morgan fingerprint density at radius 3 is 2.60 bits per heavy atom. The van der Waals surface area contributed by atoms with Gasteiger partial charge in [0.05, 0.1) is 6.10 Å². The van der Waals surface area contributed by atoms with Gasteiger partial charge in [-0.2, -0.15) is 0 Å². The fourth-order valence-electron chi connectivity index (χ4n) is 4.36. The van der Waals surface area contributed by atoms with Crippen LogP contribution in [0, 0.1) is 17.8 Å². The molecule has 2 nitrogen and oxygen atoms in total. The molecule has 0 aromatic carbocycles. The standard InChI is InChI=1S/C18H35NO/c1-3-6-16-8-9-18(20)17(13-16)14-19-11-5-7-15(4-2)10-12-19/h15-18,20H,3-14H2,1-2H3. The van der Waals surface area contributed by atoms with Crippen LogP contribution < -0.4 is 0 Å². The molecule has 1 aliphatic carbocycles. The maximum atomic E-state index is 10.3. The van der Waals surface area contributed by atoms with Crippen LogP contribution in [0.5, 0.6) is 0 Å². The zero-order valence-corrected chi connectivity index (χ0v) is 13.7. The lowest BCUT2D eigenvalue weighted by Gasteiger charge is -2.36. The second-order valence-corrected chi connectivity index (χ2v) is 7.30. The van der Waals surface area contributed by atoms with Crippen LogP contribution in [0.15, 0.2) is 0 Å². The molecule has 1 N–H and O–H groups in total. The molecule has 0 spiro atoms. The predicted octanol–water partition coefficient (Wildman–Crippen LogP) is 4.08. The second kappa shape index (κ2) is 8.38. The van der Waals surface area contributed by atoms with Crippen molar-refractivity contribution in [1.82, 2.24) is 4.90 Å². The van der Waals surface area contributed by atoms with Crippen molar-refractivity contribution in [1.29, 1.82) is 0 Å². The van der Waals surface area contributed by atoms with E-state index in [1.54, 1.807) is 0 Å². The molecule has 1 heterocycles. The summed E-state index contributed by atoms with van der Waals surface area (Å²) in [6, 6.07) is 0. The minimum Gasteiger partial charge on any atom is -0.393 e. The van der Waals surface area contributed by atoms with Crippen LogP contribution in [0.25, 0.3) is 0 Å². The SMILES string of the molecule is CCCC1CCC(O)C(CN2CCCC(CC)CC2)C1. The molecule has 1 aliphatic heterocycles. The fraction of sp³-hybridized carbons (Fsp3) is 1.00. The van der Waals surface area contributed by atoms with Gasteiger partial charge in [0.15, 0.2) is 0 Å². The molecule has 118 valence electrons. The topological polar surface area (TPSA) is 23.5 Å². The number of hydrogen-bond acceptors (Lipinski definition) is 2. The van der Waals surface area contributed by atoms with Crippen molar-refractivity contribution >= 4 is 0 Å². The minimum atomic E-state index is -0.0340. The summed E-state index contributed by atoms with van der Waals surface area (Å²) in [5.74, 6) is 2.37. The largest absolute Gasteiger partial charge is 0.393 e. The number of nitrogens with zero attached hydrogens (tertiary/aromatic N) is 1. The Labute approximate surface area is 125 Å². The van der Waals surface area contributed by atoms with Gasteiger partial charge in [0.1, 0.15) is 0 Å². The highest BCUT2D eigenvalue weighted by atomic mass is 16.3. The zero-order chi connectivity index (χ0) is 14.4. The van der Waals surface area contributed by atoms with E-state index in [-0.39, 0.29) is 6.10 Å². The van der Waals surface area contributed by atoms with E-state index >= 15 is 0 Å². The van der Waals surface area contributed by atoms with Crippen molar-refractivity contribution in [3.05, 3.63) is 0 Å². The molecule has 2 rings (SSSR count). The molecular formula is C18H35NO. The maximum Gasteiger partial charge on any atom is 0.0580 e. The predicted molar refractivity (Wildman–Crippen MR) is 85.8 cm³/mol. The monoisotopic (exact) mass is 281 g/mol. The second-order valence-electron chi connectivity index (χ2n) is 7.30. The number of likely N-dealkylation sites (tertiary alicyclic amines) is 1. The third-order valence-electron chi connectivity index (χ3n) is 5.76. The molecule has 0 bridgehead atoms. The summed E-state index contributed by atoms with van der Waals surface area (Å²) in [4.78, 5) is 2.65. The van der Waals surface area contributed by atoms with E-state index in [9.17, 15) is 5.11 Å². The summed E-state index contributed by atoms with van der Waals surface area (Å²) in [6.07, 6.45) is 11.7. The van der Waals surface area contributed by atoms with Crippen molar-refractivity contribution in [2.24, 2.45) is 17.8 Å². The highest BCUT2D eigenvalue weighted by Gasteiger charge is 2.30. The molecule has 0 aromatic heterocycles. The molecule has 0 amide bonds. The quantitative estimate of drug-likeness (QED) is 0.821. The van der Waals surface area contributed by atoms with E-state index in [0.29, 0.717) is 5.92 Å². The Hall–Kier alpha value is -0.0800. The van der Waals surface area contributed by atoms with E-state index in [4.69, 9.17) is 0 Å². The third-order valence-corrected chi connectivity index (χ3v) is 5.76. The highest BCUT2D eigenvalue weighted by Crippen LogP contribution is 2.33. The molecule has 20 heavy (non-hydrogen) atoms. The molecule has 2 aliphatic rings. The lowest BCUT2D eigenvalue weighted by Crippen LogP contribution is -2.39. The van der Waals surface area contributed by atoms with Crippen LogP contribution in [0.2, 0.25) is 0 Å². The van der Waals surface area contributed by atoms with Gasteiger partial charge in [-0.3, -0.25) is 0 Å². The third kappa shape index (κ3) is 4.73. The molecule has 2 heteroatoms. The van der Waals surface area contributed by atoms with Crippen LogP contribution in [0.1, 0.15) is 71.6 Å². The number of rotatable bonds is 5. The van der Waals surface area contributed by atoms with Gasteiger partial charge in [-0.05, 0) is 69.4 Å². The van der Waals surface area contributed by atoms with Crippen molar-refractivity contribution in [3.63, 3.8) is 0 Å². The van der Waals surface area contributed by atoms with Gasteiger partial charge in [0.2, 0.25) is 0 Å². The van der Waals surface area contributed by atoms with E-state index in [2.05, 4.69) is 18.7 Å². The first-order valence-electron chi connectivity index (χ1n) is 9.13. The zero-order valence-electron chi connectivity index (χ0n) is 13.7. The van der Waals surface area contributed by atoms with E-state index in [1.165, 1.54) is 64.5 Å². The molecule has 1 saturated heterocycles. The Balaban J connectivity index is 1.81. The normalized spacial score (nSPS) is 36.8. The highest BCUT2D eigenvalue weighted by molar-refractivity contribution is 4.83. The molecule has 4 unspecified atom stereocenters. The molecular weight excluding hydrogens is 246 g/mol. The fourth-order valence-corrected chi connectivity index (χ4v) is 4.36. The molecule has 1 saturated carbocycles. The molecule has 4 atom stereocenters. The lowest BCUT2D eigenvalue weighted by molar-refractivity contribution is 0.0261. The maximum absolute atomic E-state index is 10.3. The summed E-state index contributed by atoms with van der Waals surface area (Å²) in [7, 11) is 0. The number of hydrogen-bond donors (Lipinski definition) is 1. The van der Waals surface area contributed by atoms with Gasteiger partial charge in [0, 0.05) is 6.54 Å². The average molecular weight is 281 g/mol. The van der Waals surface area contributed by atoms with Crippen LogP contribution in [-0.4, -0.2) is 35.7 Å². The van der Waals surface area contributed by atoms with E-state index in [0.717, 1.165) is 24.8 Å². The number of aliphatic hydroxyl groups excluding tert-OH is 1. The lowest BCUT2D eigenvalue weighted by atomic mass is 9.77. The summed E-state index contributed by atoms with van der Waals surface area (Å²) in [5.41, 5.74) is 0. The minimum absolute atomic E-state index is 0.0340. The molecule has 0 aromatic rings. The Kier molecular flexibility index (Phi) is 6.83. The molecule has 2 fully saturated rings. The van der Waals surface area contributed by atoms with Gasteiger partial charge in [-0.15, -0.1) is 0 Å². The Bertz CT molecular complexity index is 268. The van der Waals surface area contributed by atoms with Gasteiger partial charge >= 0.3 is 0 Å². The smallest absolute Gasteiger partial charge is 0.0580 e. The van der Waals surface area contributed by atoms with Crippen molar-refractivity contribution in [2.45, 2.75) is 77.7 Å². The summed E-state index contributed by atoms with van der Waals surface area (Å²) in [5, 5.41) is 10.3. The van der Waals surface area contributed by atoms with Crippen molar-refractivity contribution < 1.29 is 5.11 Å². The van der Waals surface area contributed by atoms with Crippen molar-refractivity contribution in [3.8, 4) is 0 Å². The first-order valence-corrected chi connectivity index (χ1v) is 9.13. The van der Waals surface area contributed by atoms with Gasteiger partial charge in [0.25, 0.3) is 0 Å². The van der Waals surface area contributed by atoms with Gasteiger partial charge in [-0.25, -0.2) is 0 Å². The first-order chi connectivity index (χ1) is 9.72. The van der Waals surface area contributed by atoms with Crippen LogP contribution in [-0.2, 0) is 0 Å². The Morgan fingerprint density at radius 2 is 1.85 bits per heavy atom. The van der Waals surface area contributed by atoms with E-state index in [1.807, 2.05) is 0 Å². The van der Waals surface area contributed by atoms with E-state index < -0.39 is 0 Å². The summed E-state index contributed by atoms with van der Waals surface area (Å²) < 4.78 is 0. The van der Waals surface area contributed by atoms with Crippen LogP contribution >= 0.6 is 0 Å². The van der Waals surface area contributed by atoms with Gasteiger partial charge < -0.3 is 10.0 Å². The first kappa shape index (κ1) is 16.3. The number of aliphatic hydroxyl groups is 1. The van der Waals surface area contributed by atoms with Crippen LogP contribution in [0.3, 0.4) is 0 Å². The average Bonchev–Trinajstić information content (AvgIpc) is 2.68.